The van der Waals surface area contributed by atoms with Gasteiger partial charge in [-0.05, 0) is 49.8 Å². The van der Waals surface area contributed by atoms with Crippen molar-refractivity contribution in [3.63, 3.8) is 0 Å². The summed E-state index contributed by atoms with van der Waals surface area (Å²) < 4.78 is 34.5. The van der Waals surface area contributed by atoms with Gasteiger partial charge in [-0.1, -0.05) is 36.6 Å². The van der Waals surface area contributed by atoms with Crippen molar-refractivity contribution in [2.45, 2.75) is 71.4 Å². The van der Waals surface area contributed by atoms with E-state index in [0.717, 1.165) is 23.1 Å². The lowest BCUT2D eigenvalue weighted by atomic mass is 9.66. The third-order valence-corrected chi connectivity index (χ3v) is 9.52. The Balaban J connectivity index is 1.54. The van der Waals surface area contributed by atoms with Gasteiger partial charge >= 0.3 is 5.97 Å². The number of fused-ring (bicyclic) bond motifs is 1. The van der Waals surface area contributed by atoms with Crippen LogP contribution in [0.1, 0.15) is 80.9 Å². The maximum atomic E-state index is 14.3. The topological polar surface area (TPSA) is 118 Å². The molecule has 2 aromatic rings. The number of carbonyl (C=O) groups excluding carboxylic acids is 2. The molecule has 3 heterocycles. The molecule has 0 spiro atoms. The maximum Gasteiger partial charge on any atom is 0.310 e. The van der Waals surface area contributed by atoms with Crippen LogP contribution in [0.5, 0.6) is 5.75 Å². The molecule has 1 aromatic heterocycles. The van der Waals surface area contributed by atoms with Crippen molar-refractivity contribution in [2.24, 2.45) is 24.3 Å². The Morgan fingerprint density at radius 2 is 2.05 bits per heavy atom. The van der Waals surface area contributed by atoms with Crippen molar-refractivity contribution in [1.29, 1.82) is 0 Å². The molecule has 1 saturated carbocycles. The highest BCUT2D eigenvalue weighted by Crippen LogP contribution is 2.46. The fourth-order valence-electron chi connectivity index (χ4n) is 6.82. The van der Waals surface area contributed by atoms with E-state index in [-0.39, 0.29) is 42.3 Å². The average molecular weight is 608 g/mol. The van der Waals surface area contributed by atoms with Crippen LogP contribution in [0, 0.1) is 17.3 Å². The lowest BCUT2D eigenvalue weighted by Crippen LogP contribution is -2.52. The number of likely N-dealkylation sites (tertiary alicyclic amines) is 1. The van der Waals surface area contributed by atoms with Crippen LogP contribution in [0.3, 0.4) is 0 Å². The molecule has 4 atom stereocenters. The number of hydrogen-bond acceptors (Lipinski definition) is 6. The number of benzene rings is 1. The molecule has 1 saturated heterocycles. The fraction of sp³-hybridized carbons (Fsp3) is 0.621. The zero-order valence-electron chi connectivity index (χ0n) is 24.0. The first kappa shape index (κ1) is 30.2. The van der Waals surface area contributed by atoms with E-state index < -0.39 is 29.8 Å². The fourth-order valence-corrected chi connectivity index (χ4v) is 7.08. The third-order valence-electron chi connectivity index (χ3n) is 9.17. The summed E-state index contributed by atoms with van der Waals surface area (Å²) in [6, 6.07) is 2.64. The van der Waals surface area contributed by atoms with Crippen molar-refractivity contribution >= 4 is 29.4 Å². The first-order valence-corrected chi connectivity index (χ1v) is 14.7. The van der Waals surface area contributed by atoms with Crippen molar-refractivity contribution < 1.29 is 33.0 Å². The number of alkyl halides is 2. The summed E-state index contributed by atoms with van der Waals surface area (Å²) >= 11 is 6.66. The Kier molecular flexibility index (Phi) is 8.46. The van der Waals surface area contributed by atoms with E-state index >= 15 is 0 Å². The minimum absolute atomic E-state index is 0.0144. The van der Waals surface area contributed by atoms with Crippen LogP contribution in [0.2, 0.25) is 5.02 Å². The first-order chi connectivity index (χ1) is 19.9. The highest BCUT2D eigenvalue weighted by Gasteiger charge is 2.50. The number of nitrogens with zero attached hydrogens (tertiary/aromatic N) is 5. The summed E-state index contributed by atoms with van der Waals surface area (Å²) in [7, 11) is 1.38. The molecule has 2 aliphatic heterocycles. The average Bonchev–Trinajstić information content (AvgIpc) is 3.47. The Hall–Kier alpha value is -3.28. The van der Waals surface area contributed by atoms with Gasteiger partial charge in [0.15, 0.2) is 0 Å². The van der Waals surface area contributed by atoms with Crippen molar-refractivity contribution in [2.75, 3.05) is 19.6 Å². The van der Waals surface area contributed by atoms with Crippen LogP contribution in [0.25, 0.3) is 0 Å². The number of carboxylic acid groups (broad SMARTS) is 1. The summed E-state index contributed by atoms with van der Waals surface area (Å²) in [5, 5.41) is 18.1. The lowest BCUT2D eigenvalue weighted by Gasteiger charge is -2.45. The smallest absolute Gasteiger partial charge is 0.310 e. The number of carboxylic acids is 1. The molecule has 228 valence electrons. The number of ether oxygens (including phenoxy) is 1. The number of aromatic nitrogens is 3. The monoisotopic (exact) mass is 607 g/mol. The number of carbonyl (C=O) groups is 3. The van der Waals surface area contributed by atoms with Crippen molar-refractivity contribution in [1.82, 2.24) is 24.8 Å². The van der Waals surface area contributed by atoms with Crippen LogP contribution in [0.4, 0.5) is 8.78 Å². The SMILES string of the molecule is CC1CC(=O)N(C[C@@H]2c3c(OCc4nnn(C)c4C(F)F)ccc(Cl)c3CCN2C(=O)[C@@H]2CCCC[C@]2(C)C(=O)O)C1. The largest absolute Gasteiger partial charge is 0.487 e. The second-order valence-electron chi connectivity index (χ2n) is 12.0. The van der Waals surface area contributed by atoms with E-state index in [2.05, 4.69) is 10.3 Å². The van der Waals surface area contributed by atoms with E-state index in [1.165, 1.54) is 7.05 Å². The molecule has 0 radical (unpaired) electrons. The lowest BCUT2D eigenvalue weighted by molar-refractivity contribution is -0.162. The molecule has 1 aliphatic carbocycles. The number of rotatable bonds is 8. The van der Waals surface area contributed by atoms with Gasteiger partial charge in [0, 0.05) is 43.7 Å². The van der Waals surface area contributed by atoms with Gasteiger partial charge in [-0.2, -0.15) is 0 Å². The maximum absolute atomic E-state index is 14.3. The number of aryl methyl sites for hydroxylation is 1. The molecule has 1 unspecified atom stereocenters. The minimum atomic E-state index is -2.80. The van der Waals surface area contributed by atoms with E-state index in [4.69, 9.17) is 16.3 Å². The first-order valence-electron chi connectivity index (χ1n) is 14.3. The van der Waals surface area contributed by atoms with Gasteiger partial charge in [0.1, 0.15) is 23.7 Å². The Labute approximate surface area is 247 Å². The van der Waals surface area contributed by atoms with Crippen molar-refractivity contribution in [3.8, 4) is 5.75 Å². The standard InChI is InChI=1S/C29H36ClF2N5O5/c1-16-12-23(38)36(13-16)14-21-24-17(9-11-37(21)27(39)18-6-4-5-10-29(18,2)28(40)41)19(30)7-8-22(24)42-15-20-25(26(31)32)35(3)34-33-20/h7-8,16,18,21,26H,4-6,9-15H2,1-3H3,(H,40,41)/t16?,18-,21+,29-/m0/s1. The normalized spacial score (nSPS) is 26.1. The second-order valence-corrected chi connectivity index (χ2v) is 12.4. The van der Waals surface area contributed by atoms with Crippen LogP contribution in [0.15, 0.2) is 12.1 Å². The number of aliphatic carboxylic acids is 1. The Bertz CT molecular complexity index is 1390. The molecule has 3 aliphatic rings. The van der Waals surface area contributed by atoms with Crippen LogP contribution in [-0.4, -0.2) is 67.3 Å². The number of hydrogen-bond donors (Lipinski definition) is 1. The molecule has 2 fully saturated rings. The minimum Gasteiger partial charge on any atom is -0.487 e. The van der Waals surface area contributed by atoms with E-state index in [9.17, 15) is 28.3 Å². The van der Waals surface area contributed by atoms with Gasteiger partial charge in [-0.3, -0.25) is 14.4 Å². The number of halogens is 3. The molecule has 42 heavy (non-hydrogen) atoms. The van der Waals surface area contributed by atoms with Crippen molar-refractivity contribution in [3.05, 3.63) is 39.7 Å². The van der Waals surface area contributed by atoms with Gasteiger partial charge < -0.3 is 19.6 Å². The van der Waals surface area contributed by atoms with Gasteiger partial charge in [-0.15, -0.1) is 5.10 Å². The number of amides is 2. The zero-order valence-corrected chi connectivity index (χ0v) is 24.7. The highest BCUT2D eigenvalue weighted by atomic mass is 35.5. The molecule has 0 bridgehead atoms. The second kappa shape index (κ2) is 11.8. The summed E-state index contributed by atoms with van der Waals surface area (Å²) in [4.78, 5) is 43.0. The van der Waals surface area contributed by atoms with E-state index in [1.54, 1.807) is 28.9 Å². The third kappa shape index (κ3) is 5.45. The van der Waals surface area contributed by atoms with Crippen LogP contribution in [-0.2, 0) is 34.5 Å². The van der Waals surface area contributed by atoms with Gasteiger partial charge in [0.05, 0.1) is 17.4 Å². The van der Waals surface area contributed by atoms with Crippen LogP contribution < -0.4 is 4.74 Å². The van der Waals surface area contributed by atoms with Gasteiger partial charge in [0.2, 0.25) is 11.8 Å². The molecule has 13 heteroatoms. The Morgan fingerprint density at radius 3 is 2.71 bits per heavy atom. The molecule has 1 N–H and O–H groups in total. The predicted octanol–water partition coefficient (Wildman–Crippen LogP) is 4.56. The molecular weight excluding hydrogens is 572 g/mol. The Morgan fingerprint density at radius 1 is 1.29 bits per heavy atom. The molecule has 5 rings (SSSR count). The summed E-state index contributed by atoms with van der Waals surface area (Å²) in [6.45, 7) is 4.34. The molecule has 2 amide bonds. The quantitative estimate of drug-likeness (QED) is 0.467. The van der Waals surface area contributed by atoms with E-state index in [0.29, 0.717) is 55.1 Å². The molecular formula is C29H36ClF2N5O5. The van der Waals surface area contributed by atoms with Gasteiger partial charge in [0.25, 0.3) is 6.43 Å². The molecule has 10 nitrogen and oxygen atoms in total. The highest BCUT2D eigenvalue weighted by molar-refractivity contribution is 6.31. The van der Waals surface area contributed by atoms with E-state index in [1.807, 2.05) is 6.92 Å². The summed E-state index contributed by atoms with van der Waals surface area (Å²) in [5.74, 6) is -1.53. The summed E-state index contributed by atoms with van der Waals surface area (Å²) in [5.41, 5.74) is -0.221. The van der Waals surface area contributed by atoms with Crippen LogP contribution >= 0.6 is 11.6 Å². The predicted molar refractivity (Wildman–Crippen MR) is 148 cm³/mol. The molecule has 1 aromatic carbocycles. The summed E-state index contributed by atoms with van der Waals surface area (Å²) in [6.07, 6.45) is 0.333. The zero-order chi connectivity index (χ0) is 30.3. The van der Waals surface area contributed by atoms with Gasteiger partial charge in [-0.25, -0.2) is 13.5 Å².